The highest BCUT2D eigenvalue weighted by Crippen LogP contribution is 2.03. The Morgan fingerprint density at radius 3 is 2.93 bits per heavy atom. The van der Waals surface area contributed by atoms with Crippen molar-refractivity contribution in [1.29, 1.82) is 0 Å². The first kappa shape index (κ1) is 12.0. The predicted octanol–water partition coefficient (Wildman–Crippen LogP) is 1.89. The minimum absolute atomic E-state index is 0.0263. The van der Waals surface area contributed by atoms with Crippen LogP contribution in [0.3, 0.4) is 0 Å². The number of aromatic nitrogens is 2. The molecule has 5 heteroatoms. The molecule has 0 radical (unpaired) electrons. The molecule has 15 heavy (non-hydrogen) atoms. The van der Waals surface area contributed by atoms with Crippen LogP contribution in [0.4, 0.5) is 0 Å². The summed E-state index contributed by atoms with van der Waals surface area (Å²) in [5, 5.41) is 6.43. The largest absolute Gasteiger partial charge is 0.336 e. The zero-order chi connectivity index (χ0) is 11.1. The van der Waals surface area contributed by atoms with Crippen molar-refractivity contribution >= 4 is 17.5 Å². The van der Waals surface area contributed by atoms with E-state index in [0.29, 0.717) is 18.1 Å². The fourth-order valence-electron chi connectivity index (χ4n) is 1.31. The van der Waals surface area contributed by atoms with E-state index in [-0.39, 0.29) is 5.91 Å². The van der Waals surface area contributed by atoms with Gasteiger partial charge in [0.2, 0.25) is 0 Å². The van der Waals surface area contributed by atoms with E-state index in [9.17, 15) is 4.79 Å². The highest BCUT2D eigenvalue weighted by molar-refractivity contribution is 6.18. The second-order valence-corrected chi connectivity index (χ2v) is 3.68. The monoisotopic (exact) mass is 229 g/mol. The van der Waals surface area contributed by atoms with E-state index in [1.165, 1.54) is 0 Å². The number of nitrogens with one attached hydrogen (secondary N) is 1. The molecule has 1 amide bonds. The maximum Gasteiger partial charge on any atom is 0.271 e. The number of alkyl halides is 1. The van der Waals surface area contributed by atoms with Gasteiger partial charge in [-0.2, -0.15) is 5.10 Å². The molecular formula is C10H16ClN3O. The minimum Gasteiger partial charge on any atom is -0.336 e. The van der Waals surface area contributed by atoms with E-state index >= 15 is 0 Å². The lowest BCUT2D eigenvalue weighted by Gasteiger charge is -2.20. The molecule has 0 unspecified atom stereocenters. The summed E-state index contributed by atoms with van der Waals surface area (Å²) in [5.41, 5.74) is 0.524. The Labute approximate surface area is 94.6 Å². The molecule has 4 nitrogen and oxygen atoms in total. The summed E-state index contributed by atoms with van der Waals surface area (Å²) in [5.74, 6) is 0.436. The number of H-pyrrole nitrogens is 1. The van der Waals surface area contributed by atoms with Gasteiger partial charge in [-0.05, 0) is 12.5 Å². The minimum atomic E-state index is -0.0263. The zero-order valence-electron chi connectivity index (χ0n) is 8.87. The quantitative estimate of drug-likeness (QED) is 0.758. The number of nitrogens with zero attached hydrogens (tertiary/aromatic N) is 2. The van der Waals surface area contributed by atoms with Gasteiger partial charge in [0.25, 0.3) is 5.91 Å². The number of aromatic amines is 1. The van der Waals surface area contributed by atoms with E-state index < -0.39 is 0 Å². The topological polar surface area (TPSA) is 49.0 Å². The van der Waals surface area contributed by atoms with Gasteiger partial charge in [0.15, 0.2) is 0 Å². The molecule has 0 saturated carbocycles. The smallest absolute Gasteiger partial charge is 0.271 e. The molecule has 84 valence electrons. The number of halogens is 1. The van der Waals surface area contributed by atoms with Crippen molar-refractivity contribution in [2.24, 2.45) is 0 Å². The molecule has 1 N–H and O–H groups in total. The van der Waals surface area contributed by atoms with Crippen molar-refractivity contribution in [3.8, 4) is 0 Å². The molecule has 0 spiro atoms. The van der Waals surface area contributed by atoms with Crippen molar-refractivity contribution < 1.29 is 4.79 Å². The molecule has 1 rings (SSSR count). The number of unbranched alkanes of at least 4 members (excludes halogenated alkanes) is 1. The van der Waals surface area contributed by atoms with E-state index in [1.807, 2.05) is 0 Å². The molecule has 0 saturated heterocycles. The van der Waals surface area contributed by atoms with Crippen molar-refractivity contribution in [2.75, 3.05) is 19.0 Å². The van der Waals surface area contributed by atoms with Gasteiger partial charge >= 0.3 is 0 Å². The molecule has 0 atom stereocenters. The second kappa shape index (κ2) is 6.45. The van der Waals surface area contributed by atoms with Crippen LogP contribution in [0.25, 0.3) is 0 Å². The van der Waals surface area contributed by atoms with Gasteiger partial charge in [-0.25, -0.2) is 0 Å². The van der Waals surface area contributed by atoms with Crippen molar-refractivity contribution in [2.45, 2.75) is 19.8 Å². The van der Waals surface area contributed by atoms with Crippen molar-refractivity contribution in [3.05, 3.63) is 18.0 Å². The third kappa shape index (κ3) is 3.55. The van der Waals surface area contributed by atoms with Crippen LogP contribution < -0.4 is 0 Å². The predicted molar refractivity (Wildman–Crippen MR) is 60.1 cm³/mol. The summed E-state index contributed by atoms with van der Waals surface area (Å²) in [4.78, 5) is 13.7. The molecule has 0 aliphatic carbocycles. The van der Waals surface area contributed by atoms with Crippen LogP contribution in [-0.4, -0.2) is 40.0 Å². The van der Waals surface area contributed by atoms with Crippen molar-refractivity contribution in [3.63, 3.8) is 0 Å². The number of carbonyl (C=O) groups excluding carboxylic acids is 1. The normalized spacial score (nSPS) is 10.3. The fraction of sp³-hybridized carbons (Fsp3) is 0.600. The molecule has 0 bridgehead atoms. The number of hydrogen-bond donors (Lipinski definition) is 1. The molecular weight excluding hydrogens is 214 g/mol. The van der Waals surface area contributed by atoms with Gasteiger partial charge in [-0.1, -0.05) is 13.3 Å². The summed E-state index contributed by atoms with van der Waals surface area (Å²) in [7, 11) is 0. The summed E-state index contributed by atoms with van der Waals surface area (Å²) in [6.45, 7) is 3.43. The van der Waals surface area contributed by atoms with Gasteiger partial charge in [0.05, 0.1) is 0 Å². The number of hydrogen-bond acceptors (Lipinski definition) is 2. The summed E-state index contributed by atoms with van der Waals surface area (Å²) >= 11 is 5.66. The molecule has 0 fully saturated rings. The highest BCUT2D eigenvalue weighted by atomic mass is 35.5. The van der Waals surface area contributed by atoms with Crippen LogP contribution in [-0.2, 0) is 0 Å². The molecule has 1 aromatic heterocycles. The Morgan fingerprint density at radius 2 is 2.40 bits per heavy atom. The van der Waals surface area contributed by atoms with Gasteiger partial charge in [0.1, 0.15) is 5.69 Å². The lowest BCUT2D eigenvalue weighted by Crippen LogP contribution is -2.33. The first-order valence-corrected chi connectivity index (χ1v) is 5.67. The average Bonchev–Trinajstić information content (AvgIpc) is 2.76. The van der Waals surface area contributed by atoms with E-state index in [0.717, 1.165) is 19.4 Å². The summed E-state index contributed by atoms with van der Waals surface area (Å²) in [6.07, 6.45) is 3.64. The van der Waals surface area contributed by atoms with Crippen LogP contribution in [0, 0.1) is 0 Å². The van der Waals surface area contributed by atoms with E-state index in [4.69, 9.17) is 11.6 Å². The van der Waals surface area contributed by atoms with E-state index in [1.54, 1.807) is 17.2 Å². The maximum absolute atomic E-state index is 11.9. The molecule has 1 aromatic rings. The molecule has 0 aliphatic heterocycles. The Balaban J connectivity index is 2.58. The molecule has 0 aliphatic rings. The zero-order valence-corrected chi connectivity index (χ0v) is 9.63. The van der Waals surface area contributed by atoms with Gasteiger partial charge in [-0.15, -0.1) is 11.6 Å². The van der Waals surface area contributed by atoms with Gasteiger partial charge in [0, 0.05) is 25.2 Å². The Hall–Kier alpha value is -1.03. The van der Waals surface area contributed by atoms with Crippen LogP contribution in [0.5, 0.6) is 0 Å². The van der Waals surface area contributed by atoms with Crippen LogP contribution >= 0.6 is 11.6 Å². The average molecular weight is 230 g/mol. The standard InChI is InChI=1S/C10H16ClN3O/c1-2-3-7-14(8-5-11)10(15)9-4-6-12-13-9/h4,6H,2-3,5,7-8H2,1H3,(H,12,13). The lowest BCUT2D eigenvalue weighted by atomic mass is 10.3. The van der Waals surface area contributed by atoms with Crippen LogP contribution in [0.15, 0.2) is 12.3 Å². The Bertz CT molecular complexity index is 287. The van der Waals surface area contributed by atoms with Crippen molar-refractivity contribution in [1.82, 2.24) is 15.1 Å². The number of carbonyl (C=O) groups is 1. The Kier molecular flexibility index (Phi) is 5.18. The first-order valence-electron chi connectivity index (χ1n) is 5.14. The summed E-state index contributed by atoms with van der Waals surface area (Å²) in [6, 6.07) is 1.68. The lowest BCUT2D eigenvalue weighted by molar-refractivity contribution is 0.0757. The number of amides is 1. The van der Waals surface area contributed by atoms with Crippen LogP contribution in [0.2, 0.25) is 0 Å². The molecule has 0 aromatic carbocycles. The third-order valence-corrected chi connectivity index (χ3v) is 2.32. The Morgan fingerprint density at radius 1 is 1.60 bits per heavy atom. The first-order chi connectivity index (χ1) is 7.29. The van der Waals surface area contributed by atoms with Gasteiger partial charge < -0.3 is 4.90 Å². The summed E-state index contributed by atoms with van der Waals surface area (Å²) < 4.78 is 0. The molecule has 1 heterocycles. The number of rotatable bonds is 6. The van der Waals surface area contributed by atoms with Crippen LogP contribution in [0.1, 0.15) is 30.3 Å². The SMILES string of the molecule is CCCCN(CCCl)C(=O)c1ccn[nH]1. The fourth-order valence-corrected chi connectivity index (χ4v) is 1.52. The highest BCUT2D eigenvalue weighted by Gasteiger charge is 2.15. The van der Waals surface area contributed by atoms with Gasteiger partial charge in [-0.3, -0.25) is 9.89 Å². The second-order valence-electron chi connectivity index (χ2n) is 3.31. The van der Waals surface area contributed by atoms with E-state index in [2.05, 4.69) is 17.1 Å². The maximum atomic E-state index is 11.9. The third-order valence-electron chi connectivity index (χ3n) is 2.15.